The van der Waals surface area contributed by atoms with Gasteiger partial charge in [-0.2, -0.15) is 9.41 Å². The van der Waals surface area contributed by atoms with Gasteiger partial charge in [0.15, 0.2) is 0 Å². The van der Waals surface area contributed by atoms with Crippen molar-refractivity contribution in [2.75, 3.05) is 25.5 Å². The second kappa shape index (κ2) is 11.6. The standard InChI is InChI=1S/C24H24BrClN4O3S/c1-29(2)22-11-5-18(6-12-22)15-27-28-24(31)17-30(16-19-3-9-21(26)10-4-19)34(32,33)23-13-7-20(25)8-14-23/h3-15H,16-17H2,1-2H3,(H,28,31)/b27-15-. The lowest BCUT2D eigenvalue weighted by atomic mass is 10.2. The van der Waals surface area contributed by atoms with E-state index in [0.29, 0.717) is 10.6 Å². The number of anilines is 1. The molecule has 0 radical (unpaired) electrons. The highest BCUT2D eigenvalue weighted by atomic mass is 79.9. The first-order chi connectivity index (χ1) is 16.1. The molecule has 0 atom stereocenters. The molecule has 3 aromatic carbocycles. The van der Waals surface area contributed by atoms with Gasteiger partial charge in [0, 0.05) is 35.8 Å². The Labute approximate surface area is 213 Å². The summed E-state index contributed by atoms with van der Waals surface area (Å²) in [4.78, 5) is 14.7. The normalized spacial score (nSPS) is 11.7. The monoisotopic (exact) mass is 562 g/mol. The molecule has 7 nitrogen and oxygen atoms in total. The Hall–Kier alpha value is -2.72. The topological polar surface area (TPSA) is 82.1 Å². The van der Waals surface area contributed by atoms with Crippen molar-refractivity contribution in [3.05, 3.63) is 93.4 Å². The van der Waals surface area contributed by atoms with Crippen molar-refractivity contribution < 1.29 is 13.2 Å². The molecule has 0 bridgehead atoms. The lowest BCUT2D eigenvalue weighted by Crippen LogP contribution is -2.39. The van der Waals surface area contributed by atoms with E-state index in [-0.39, 0.29) is 11.4 Å². The lowest BCUT2D eigenvalue weighted by Gasteiger charge is -2.21. The molecule has 0 fully saturated rings. The van der Waals surface area contributed by atoms with Crippen LogP contribution >= 0.6 is 27.5 Å². The van der Waals surface area contributed by atoms with Crippen LogP contribution in [0.15, 0.2) is 87.3 Å². The zero-order chi connectivity index (χ0) is 24.7. The average Bonchev–Trinajstić information content (AvgIpc) is 2.80. The van der Waals surface area contributed by atoms with Gasteiger partial charge in [0.05, 0.1) is 17.7 Å². The molecular formula is C24H24BrClN4O3S. The van der Waals surface area contributed by atoms with Crippen LogP contribution < -0.4 is 10.3 Å². The summed E-state index contributed by atoms with van der Waals surface area (Å²) in [6, 6.07) is 20.7. The van der Waals surface area contributed by atoms with Crippen molar-refractivity contribution in [2.24, 2.45) is 5.10 Å². The van der Waals surface area contributed by atoms with Crippen molar-refractivity contribution >= 4 is 55.4 Å². The van der Waals surface area contributed by atoms with Gasteiger partial charge in [-0.05, 0) is 59.7 Å². The molecule has 3 rings (SSSR count). The van der Waals surface area contributed by atoms with Crippen molar-refractivity contribution in [3.8, 4) is 0 Å². The first-order valence-electron chi connectivity index (χ1n) is 10.2. The minimum atomic E-state index is -3.95. The van der Waals surface area contributed by atoms with Gasteiger partial charge in [0.1, 0.15) is 0 Å². The van der Waals surface area contributed by atoms with Gasteiger partial charge in [0.2, 0.25) is 10.0 Å². The molecule has 0 aliphatic heterocycles. The molecule has 0 saturated heterocycles. The predicted molar refractivity (Wildman–Crippen MR) is 140 cm³/mol. The number of halogens is 2. The maximum absolute atomic E-state index is 13.3. The highest BCUT2D eigenvalue weighted by Gasteiger charge is 2.27. The third-order valence-corrected chi connectivity index (χ3v) is 7.44. The first-order valence-corrected chi connectivity index (χ1v) is 12.9. The van der Waals surface area contributed by atoms with E-state index in [1.807, 2.05) is 43.3 Å². The zero-order valence-corrected chi connectivity index (χ0v) is 21.8. The number of carbonyl (C=O) groups excluding carboxylic acids is 1. The van der Waals surface area contributed by atoms with Crippen molar-refractivity contribution in [1.82, 2.24) is 9.73 Å². The Bertz CT molecular complexity index is 1250. The van der Waals surface area contributed by atoms with Gasteiger partial charge in [-0.15, -0.1) is 0 Å². The van der Waals surface area contributed by atoms with E-state index in [1.54, 1.807) is 36.4 Å². The summed E-state index contributed by atoms with van der Waals surface area (Å²) < 4.78 is 28.4. The Morgan fingerprint density at radius 3 is 2.21 bits per heavy atom. The average molecular weight is 564 g/mol. The van der Waals surface area contributed by atoms with Crippen LogP contribution in [0.2, 0.25) is 5.02 Å². The highest BCUT2D eigenvalue weighted by molar-refractivity contribution is 9.10. The maximum Gasteiger partial charge on any atom is 0.255 e. The number of amides is 1. The molecule has 1 N–H and O–H groups in total. The van der Waals surface area contributed by atoms with Gasteiger partial charge in [-0.3, -0.25) is 4.79 Å². The fraction of sp³-hybridized carbons (Fsp3) is 0.167. The summed E-state index contributed by atoms with van der Waals surface area (Å²) in [5.41, 5.74) is 4.95. The summed E-state index contributed by atoms with van der Waals surface area (Å²) in [5, 5.41) is 4.51. The van der Waals surface area contributed by atoms with Crippen molar-refractivity contribution in [1.29, 1.82) is 0 Å². The summed E-state index contributed by atoms with van der Waals surface area (Å²) in [5.74, 6) is -0.559. The summed E-state index contributed by atoms with van der Waals surface area (Å²) in [6.45, 7) is -0.406. The van der Waals surface area contributed by atoms with Gasteiger partial charge < -0.3 is 4.90 Å². The molecule has 178 valence electrons. The third-order valence-electron chi connectivity index (χ3n) is 4.86. The van der Waals surface area contributed by atoms with E-state index in [1.165, 1.54) is 18.3 Å². The quantitative estimate of drug-likeness (QED) is 0.307. The smallest absolute Gasteiger partial charge is 0.255 e. The minimum absolute atomic E-state index is 0.00129. The van der Waals surface area contributed by atoms with Crippen LogP contribution in [-0.4, -0.2) is 45.5 Å². The SMILES string of the molecule is CN(C)c1ccc(/C=N\NC(=O)CN(Cc2ccc(Cl)cc2)S(=O)(=O)c2ccc(Br)cc2)cc1. The number of benzene rings is 3. The molecule has 0 saturated carbocycles. The molecule has 10 heteroatoms. The molecule has 34 heavy (non-hydrogen) atoms. The molecule has 0 aliphatic carbocycles. The minimum Gasteiger partial charge on any atom is -0.378 e. The highest BCUT2D eigenvalue weighted by Crippen LogP contribution is 2.21. The summed E-state index contributed by atoms with van der Waals surface area (Å²) >= 11 is 9.25. The van der Waals surface area contributed by atoms with Crippen molar-refractivity contribution in [2.45, 2.75) is 11.4 Å². The zero-order valence-electron chi connectivity index (χ0n) is 18.7. The van der Waals surface area contributed by atoms with E-state index in [9.17, 15) is 13.2 Å². The van der Waals surface area contributed by atoms with Crippen LogP contribution in [0.5, 0.6) is 0 Å². The second-order valence-corrected chi connectivity index (χ2v) is 10.9. The molecule has 0 heterocycles. The number of rotatable bonds is 9. The van der Waals surface area contributed by atoms with Crippen LogP contribution in [0.3, 0.4) is 0 Å². The van der Waals surface area contributed by atoms with Crippen LogP contribution in [0.25, 0.3) is 0 Å². The molecule has 0 aliphatic rings. The van der Waals surface area contributed by atoms with E-state index in [0.717, 1.165) is 20.0 Å². The largest absolute Gasteiger partial charge is 0.378 e. The van der Waals surface area contributed by atoms with Crippen LogP contribution in [0.1, 0.15) is 11.1 Å². The van der Waals surface area contributed by atoms with Crippen LogP contribution in [-0.2, 0) is 21.4 Å². The second-order valence-electron chi connectivity index (χ2n) is 7.63. The predicted octanol–water partition coefficient (Wildman–Crippen LogP) is 4.51. The molecular weight excluding hydrogens is 540 g/mol. The Kier molecular flexibility index (Phi) is 8.84. The first kappa shape index (κ1) is 25.9. The molecule has 1 amide bonds. The van der Waals surface area contributed by atoms with Gasteiger partial charge in [-0.25, -0.2) is 13.8 Å². The van der Waals surface area contributed by atoms with Crippen LogP contribution in [0, 0.1) is 0 Å². The van der Waals surface area contributed by atoms with Gasteiger partial charge in [0.25, 0.3) is 5.91 Å². The number of sulfonamides is 1. The summed E-state index contributed by atoms with van der Waals surface area (Å²) in [6.07, 6.45) is 1.50. The van der Waals surface area contributed by atoms with Crippen molar-refractivity contribution in [3.63, 3.8) is 0 Å². The Morgan fingerprint density at radius 2 is 1.62 bits per heavy atom. The fourth-order valence-corrected chi connectivity index (χ4v) is 4.78. The van der Waals surface area contributed by atoms with E-state index < -0.39 is 22.5 Å². The van der Waals surface area contributed by atoms with E-state index in [2.05, 4.69) is 26.5 Å². The molecule has 3 aromatic rings. The van der Waals surface area contributed by atoms with Crippen LogP contribution in [0.4, 0.5) is 5.69 Å². The maximum atomic E-state index is 13.3. The molecule has 0 unspecified atom stereocenters. The Balaban J connectivity index is 1.75. The van der Waals surface area contributed by atoms with E-state index >= 15 is 0 Å². The molecule has 0 aromatic heterocycles. The Morgan fingerprint density at radius 1 is 1.00 bits per heavy atom. The van der Waals surface area contributed by atoms with E-state index in [4.69, 9.17) is 11.6 Å². The number of nitrogens with one attached hydrogen (secondary N) is 1. The summed E-state index contributed by atoms with van der Waals surface area (Å²) in [7, 11) is -0.0575. The third kappa shape index (κ3) is 7.14. The number of hydrazone groups is 1. The number of carbonyl (C=O) groups is 1. The number of hydrogen-bond acceptors (Lipinski definition) is 5. The number of nitrogens with zero attached hydrogens (tertiary/aromatic N) is 3. The van der Waals surface area contributed by atoms with Gasteiger partial charge >= 0.3 is 0 Å². The van der Waals surface area contributed by atoms with Gasteiger partial charge in [-0.1, -0.05) is 51.8 Å². The number of hydrogen-bond donors (Lipinski definition) is 1. The lowest BCUT2D eigenvalue weighted by molar-refractivity contribution is -0.121. The fourth-order valence-electron chi connectivity index (χ4n) is 3.01. The molecule has 0 spiro atoms.